The molecule has 0 radical (unpaired) electrons. The van der Waals surface area contributed by atoms with Crippen LogP contribution in [0.4, 0.5) is 4.39 Å². The highest BCUT2D eigenvalue weighted by Crippen LogP contribution is 2.45. The standard InChI is InChI=1S/C24H27FN2O2S/c1-2-21(18-6-4-3-5-7-18)23(29)26-14-12-24(13-15-26)27(16-17-30-24)22(28)19-8-10-20(25)11-9-19/h3-11,21H,2,12-17H2,1H3/t21-/m1/s1. The van der Waals surface area contributed by atoms with Crippen molar-refractivity contribution in [1.82, 2.24) is 9.80 Å². The third-order valence-electron chi connectivity index (χ3n) is 6.28. The molecule has 0 saturated carbocycles. The highest BCUT2D eigenvalue weighted by atomic mass is 32.2. The van der Waals surface area contributed by atoms with E-state index in [1.165, 1.54) is 12.1 Å². The van der Waals surface area contributed by atoms with Crippen molar-refractivity contribution in [2.24, 2.45) is 0 Å². The predicted octanol–water partition coefficient (Wildman–Crippen LogP) is 4.53. The number of amides is 2. The van der Waals surface area contributed by atoms with Crippen LogP contribution in [0.1, 0.15) is 48.0 Å². The topological polar surface area (TPSA) is 40.6 Å². The second-order valence-electron chi connectivity index (χ2n) is 7.96. The molecular formula is C24H27FN2O2S. The minimum atomic E-state index is -0.340. The molecule has 0 unspecified atom stereocenters. The highest BCUT2D eigenvalue weighted by molar-refractivity contribution is 8.00. The fourth-order valence-corrected chi connectivity index (χ4v) is 6.05. The molecule has 30 heavy (non-hydrogen) atoms. The molecule has 2 aliphatic rings. The number of benzene rings is 2. The zero-order valence-electron chi connectivity index (χ0n) is 17.2. The molecule has 0 aliphatic carbocycles. The van der Waals surface area contributed by atoms with Crippen molar-refractivity contribution in [3.8, 4) is 0 Å². The Morgan fingerprint density at radius 2 is 1.70 bits per heavy atom. The Morgan fingerprint density at radius 3 is 2.33 bits per heavy atom. The quantitative estimate of drug-likeness (QED) is 0.721. The summed E-state index contributed by atoms with van der Waals surface area (Å²) in [4.78, 5) is 29.9. The highest BCUT2D eigenvalue weighted by Gasteiger charge is 2.47. The summed E-state index contributed by atoms with van der Waals surface area (Å²) in [6.45, 7) is 4.05. The van der Waals surface area contributed by atoms with Gasteiger partial charge in [-0.2, -0.15) is 0 Å². The maximum Gasteiger partial charge on any atom is 0.254 e. The Labute approximate surface area is 181 Å². The molecular weight excluding hydrogens is 399 g/mol. The lowest BCUT2D eigenvalue weighted by Gasteiger charge is -2.44. The van der Waals surface area contributed by atoms with Crippen molar-refractivity contribution in [3.05, 3.63) is 71.5 Å². The van der Waals surface area contributed by atoms with E-state index < -0.39 is 0 Å². The number of carbonyl (C=O) groups excluding carboxylic acids is 2. The molecule has 2 heterocycles. The third kappa shape index (κ3) is 3.97. The fourth-order valence-electron chi connectivity index (χ4n) is 4.59. The van der Waals surface area contributed by atoms with Crippen molar-refractivity contribution in [2.45, 2.75) is 37.0 Å². The van der Waals surface area contributed by atoms with E-state index >= 15 is 0 Å². The Kier molecular flexibility index (Phi) is 6.14. The fraction of sp³-hybridized carbons (Fsp3) is 0.417. The molecule has 6 heteroatoms. The Balaban J connectivity index is 1.45. The zero-order valence-corrected chi connectivity index (χ0v) is 18.0. The second kappa shape index (κ2) is 8.80. The number of piperidine rings is 1. The van der Waals surface area contributed by atoms with E-state index in [1.807, 2.05) is 51.9 Å². The van der Waals surface area contributed by atoms with Gasteiger partial charge in [0.1, 0.15) is 5.82 Å². The Morgan fingerprint density at radius 1 is 1.03 bits per heavy atom. The maximum atomic E-state index is 13.2. The molecule has 2 saturated heterocycles. The zero-order chi connectivity index (χ0) is 21.1. The second-order valence-corrected chi connectivity index (χ2v) is 9.41. The van der Waals surface area contributed by atoms with Crippen LogP contribution in [0.2, 0.25) is 0 Å². The maximum absolute atomic E-state index is 13.2. The van der Waals surface area contributed by atoms with Gasteiger partial charge in [-0.3, -0.25) is 9.59 Å². The lowest BCUT2D eigenvalue weighted by molar-refractivity contribution is -0.134. The molecule has 0 bridgehead atoms. The molecule has 2 aromatic rings. The van der Waals surface area contributed by atoms with Gasteiger partial charge in [0.05, 0.1) is 10.8 Å². The normalized spacial score (nSPS) is 19.1. The monoisotopic (exact) mass is 426 g/mol. The molecule has 0 aromatic heterocycles. The summed E-state index contributed by atoms with van der Waals surface area (Å²) in [7, 11) is 0. The SMILES string of the molecule is CC[C@@H](C(=O)N1CCC2(CC1)SCCN2C(=O)c1ccc(F)cc1)c1ccccc1. The minimum Gasteiger partial charge on any atom is -0.342 e. The van der Waals surface area contributed by atoms with Crippen LogP contribution in [-0.2, 0) is 4.79 Å². The molecule has 158 valence electrons. The molecule has 4 nitrogen and oxygen atoms in total. The van der Waals surface area contributed by atoms with Crippen molar-refractivity contribution >= 4 is 23.6 Å². The summed E-state index contributed by atoms with van der Waals surface area (Å²) < 4.78 is 13.2. The summed E-state index contributed by atoms with van der Waals surface area (Å²) in [5, 5.41) is 0. The smallest absolute Gasteiger partial charge is 0.254 e. The number of likely N-dealkylation sites (tertiary alicyclic amines) is 1. The van der Waals surface area contributed by atoms with Gasteiger partial charge in [-0.1, -0.05) is 37.3 Å². The average Bonchev–Trinajstić information content (AvgIpc) is 3.18. The van der Waals surface area contributed by atoms with E-state index in [1.54, 1.807) is 12.1 Å². The first kappa shape index (κ1) is 20.9. The van der Waals surface area contributed by atoms with Crippen LogP contribution in [0.3, 0.4) is 0 Å². The van der Waals surface area contributed by atoms with Gasteiger partial charge in [0.15, 0.2) is 0 Å². The van der Waals surface area contributed by atoms with E-state index in [9.17, 15) is 14.0 Å². The van der Waals surface area contributed by atoms with E-state index in [-0.39, 0.29) is 28.4 Å². The summed E-state index contributed by atoms with van der Waals surface area (Å²) in [5.74, 6) is 0.567. The van der Waals surface area contributed by atoms with E-state index in [4.69, 9.17) is 0 Å². The number of thioether (sulfide) groups is 1. The van der Waals surface area contributed by atoms with Gasteiger partial charge in [0.2, 0.25) is 5.91 Å². The predicted molar refractivity (Wildman–Crippen MR) is 118 cm³/mol. The van der Waals surface area contributed by atoms with Gasteiger partial charge in [-0.15, -0.1) is 11.8 Å². The van der Waals surface area contributed by atoms with Gasteiger partial charge in [0, 0.05) is 31.0 Å². The van der Waals surface area contributed by atoms with Crippen LogP contribution in [0.15, 0.2) is 54.6 Å². The van der Waals surface area contributed by atoms with Crippen LogP contribution in [0.25, 0.3) is 0 Å². The summed E-state index contributed by atoms with van der Waals surface area (Å²) in [5.41, 5.74) is 1.58. The summed E-state index contributed by atoms with van der Waals surface area (Å²) in [6.07, 6.45) is 2.30. The van der Waals surface area contributed by atoms with Crippen LogP contribution >= 0.6 is 11.8 Å². The van der Waals surface area contributed by atoms with Gasteiger partial charge in [0.25, 0.3) is 5.91 Å². The largest absolute Gasteiger partial charge is 0.342 e. The lowest BCUT2D eigenvalue weighted by atomic mass is 9.93. The first-order valence-electron chi connectivity index (χ1n) is 10.6. The van der Waals surface area contributed by atoms with Gasteiger partial charge in [-0.25, -0.2) is 4.39 Å². The van der Waals surface area contributed by atoms with Crippen molar-refractivity contribution < 1.29 is 14.0 Å². The van der Waals surface area contributed by atoms with Crippen LogP contribution in [-0.4, -0.2) is 51.9 Å². The summed E-state index contributed by atoms with van der Waals surface area (Å²) in [6, 6.07) is 15.7. The molecule has 1 spiro atoms. The van der Waals surface area contributed by atoms with Crippen molar-refractivity contribution in [2.75, 3.05) is 25.4 Å². The molecule has 0 N–H and O–H groups in total. The molecule has 2 aromatic carbocycles. The molecule has 2 amide bonds. The van der Waals surface area contributed by atoms with E-state index in [0.29, 0.717) is 25.2 Å². The van der Waals surface area contributed by atoms with E-state index in [0.717, 1.165) is 30.6 Å². The van der Waals surface area contributed by atoms with Crippen molar-refractivity contribution in [1.29, 1.82) is 0 Å². The number of halogens is 1. The minimum absolute atomic E-state index is 0.0458. The first-order valence-corrected chi connectivity index (χ1v) is 11.6. The number of hydrogen-bond acceptors (Lipinski definition) is 3. The van der Waals surface area contributed by atoms with Crippen molar-refractivity contribution in [3.63, 3.8) is 0 Å². The summed E-state index contributed by atoms with van der Waals surface area (Å²) >= 11 is 1.82. The first-order chi connectivity index (χ1) is 14.5. The third-order valence-corrected chi connectivity index (χ3v) is 7.83. The number of carbonyl (C=O) groups is 2. The number of nitrogens with zero attached hydrogens (tertiary/aromatic N) is 2. The number of hydrogen-bond donors (Lipinski definition) is 0. The van der Waals surface area contributed by atoms with Crippen LogP contribution in [0.5, 0.6) is 0 Å². The lowest BCUT2D eigenvalue weighted by Crippen LogP contribution is -2.54. The van der Waals surface area contributed by atoms with Gasteiger partial charge < -0.3 is 9.80 Å². The Hall–Kier alpha value is -2.34. The molecule has 2 aliphatic heterocycles. The molecule has 4 rings (SSSR count). The Bertz CT molecular complexity index is 895. The van der Waals surface area contributed by atoms with E-state index in [2.05, 4.69) is 6.92 Å². The van der Waals surface area contributed by atoms with Crippen LogP contribution in [0, 0.1) is 5.82 Å². The van der Waals surface area contributed by atoms with Gasteiger partial charge >= 0.3 is 0 Å². The van der Waals surface area contributed by atoms with Crippen LogP contribution < -0.4 is 0 Å². The molecule has 2 fully saturated rings. The number of rotatable bonds is 4. The average molecular weight is 427 g/mol. The van der Waals surface area contributed by atoms with Gasteiger partial charge in [-0.05, 0) is 49.1 Å². The molecule has 1 atom stereocenters.